The quantitative estimate of drug-likeness (QED) is 0.0407. The van der Waals surface area contributed by atoms with Crippen LogP contribution in [0.4, 0.5) is 0 Å². The second-order valence-corrected chi connectivity index (χ2v) is 14.1. The van der Waals surface area contributed by atoms with Gasteiger partial charge >= 0.3 is 35.8 Å². The number of carboxylic acid groups (broad SMARTS) is 4. The van der Waals surface area contributed by atoms with Crippen LogP contribution in [0, 0.1) is 23.7 Å². The molecule has 0 spiro atoms. The van der Waals surface area contributed by atoms with E-state index in [0.717, 1.165) is 25.7 Å². The van der Waals surface area contributed by atoms with E-state index >= 15 is 0 Å². The van der Waals surface area contributed by atoms with Crippen molar-refractivity contribution in [3.05, 3.63) is 0 Å². The molecule has 0 saturated heterocycles. The van der Waals surface area contributed by atoms with Crippen molar-refractivity contribution in [3.8, 4) is 0 Å². The lowest BCUT2D eigenvalue weighted by atomic mass is 9.87. The van der Waals surface area contributed by atoms with Gasteiger partial charge in [0, 0.05) is 13.3 Å². The third-order valence-corrected chi connectivity index (χ3v) is 9.00. The van der Waals surface area contributed by atoms with Crippen molar-refractivity contribution < 1.29 is 73.7 Å². The molecule has 0 aromatic carbocycles. The van der Waals surface area contributed by atoms with Gasteiger partial charge < -0.3 is 45.4 Å². The fourth-order valence-corrected chi connectivity index (χ4v) is 5.99. The molecule has 1 amide bonds. The van der Waals surface area contributed by atoms with Crippen molar-refractivity contribution in [2.24, 2.45) is 23.7 Å². The van der Waals surface area contributed by atoms with Crippen LogP contribution in [-0.2, 0) is 43.0 Å². The van der Waals surface area contributed by atoms with E-state index < -0.39 is 110 Å². The largest absolute Gasteiger partial charge is 0.481 e. The smallest absolute Gasteiger partial charge is 0.307 e. The first-order valence-electron chi connectivity index (χ1n) is 18.2. The van der Waals surface area contributed by atoms with Crippen molar-refractivity contribution in [1.82, 2.24) is 5.32 Å². The number of carbonyl (C=O) groups excluding carboxylic acids is 3. The highest BCUT2D eigenvalue weighted by molar-refractivity contribution is 5.84. The van der Waals surface area contributed by atoms with Gasteiger partial charge in [-0.2, -0.15) is 0 Å². The van der Waals surface area contributed by atoms with Crippen molar-refractivity contribution in [2.45, 2.75) is 161 Å². The number of aliphatic hydroxyl groups excluding tert-OH is 2. The maximum atomic E-state index is 13.1. The van der Waals surface area contributed by atoms with Crippen LogP contribution in [0.3, 0.4) is 0 Å². The number of unbranched alkanes of at least 4 members (excludes halogenated alkanes) is 4. The summed E-state index contributed by atoms with van der Waals surface area (Å²) in [5.41, 5.74) is 0. The molecular weight excluding hydrogens is 686 g/mol. The molecule has 0 fully saturated rings. The lowest BCUT2D eigenvalue weighted by Gasteiger charge is -2.33. The number of hydrogen-bond donors (Lipinski definition) is 7. The van der Waals surface area contributed by atoms with Gasteiger partial charge in [0.15, 0.2) is 0 Å². The molecule has 0 unspecified atom stereocenters. The maximum absolute atomic E-state index is 13.1. The number of hydrogen-bond acceptors (Lipinski definition) is 11. The molecule has 0 aromatic heterocycles. The molecule has 0 heterocycles. The number of carbonyl (C=O) groups is 7. The minimum Gasteiger partial charge on any atom is -0.481 e. The number of ether oxygens (including phenoxy) is 2. The fraction of sp³-hybridized carbons (Fsp3) is 0.806. The van der Waals surface area contributed by atoms with Crippen molar-refractivity contribution in [2.75, 3.05) is 0 Å². The van der Waals surface area contributed by atoms with Gasteiger partial charge in [-0.15, -0.1) is 0 Å². The second kappa shape index (κ2) is 26.0. The van der Waals surface area contributed by atoms with Crippen molar-refractivity contribution >= 4 is 41.7 Å². The van der Waals surface area contributed by atoms with Gasteiger partial charge in [-0.3, -0.25) is 33.6 Å². The summed E-state index contributed by atoms with van der Waals surface area (Å²) >= 11 is 0. The molecule has 9 atom stereocenters. The number of amides is 1. The highest BCUT2D eigenvalue weighted by Crippen LogP contribution is 2.29. The Balaban J connectivity index is 5.75. The van der Waals surface area contributed by atoms with Crippen LogP contribution in [0.1, 0.15) is 131 Å². The average molecular weight is 748 g/mol. The molecule has 0 aliphatic heterocycles. The van der Waals surface area contributed by atoms with Crippen LogP contribution >= 0.6 is 0 Å². The first-order valence-corrected chi connectivity index (χ1v) is 18.2. The van der Waals surface area contributed by atoms with Gasteiger partial charge in [0.1, 0.15) is 12.2 Å². The molecule has 0 aliphatic rings. The number of esters is 2. The number of aliphatic carboxylic acids is 4. The summed E-state index contributed by atoms with van der Waals surface area (Å²) in [5, 5.41) is 60.2. The Labute approximate surface area is 305 Å². The van der Waals surface area contributed by atoms with Crippen LogP contribution in [0.5, 0.6) is 0 Å². The third kappa shape index (κ3) is 22.2. The second-order valence-electron chi connectivity index (χ2n) is 14.1. The molecule has 7 N–H and O–H groups in total. The van der Waals surface area contributed by atoms with E-state index in [2.05, 4.69) is 5.32 Å². The van der Waals surface area contributed by atoms with Gasteiger partial charge in [-0.1, -0.05) is 65.7 Å². The van der Waals surface area contributed by atoms with E-state index in [1.807, 2.05) is 13.8 Å². The first-order chi connectivity index (χ1) is 24.3. The van der Waals surface area contributed by atoms with Crippen LogP contribution in [0.25, 0.3) is 0 Å². The number of carboxylic acids is 4. The summed E-state index contributed by atoms with van der Waals surface area (Å²) < 4.78 is 11.5. The molecule has 0 bridgehead atoms. The topological polar surface area (TPSA) is 271 Å². The van der Waals surface area contributed by atoms with Gasteiger partial charge in [-0.25, -0.2) is 0 Å². The molecule has 0 saturated carbocycles. The maximum Gasteiger partial charge on any atom is 0.307 e. The SMILES string of the molecule is CCCC[C@@H](C)[C@H](OC(=O)C[C@@H](CC(=O)O)C(=O)O)[C@@H](C[C@@H](C)CCCCCC[C@H](O)C[C@H](O)[C@@H](C)NC(C)=O)OC(=O)C[C@@H](CC(=O)O)C(=O)O. The van der Waals surface area contributed by atoms with Crippen molar-refractivity contribution in [1.29, 1.82) is 0 Å². The molecule has 52 heavy (non-hydrogen) atoms. The Morgan fingerprint density at radius 3 is 1.60 bits per heavy atom. The third-order valence-electron chi connectivity index (χ3n) is 9.00. The van der Waals surface area contributed by atoms with Crippen LogP contribution in [0.15, 0.2) is 0 Å². The zero-order valence-corrected chi connectivity index (χ0v) is 31.2. The Kier molecular flexibility index (Phi) is 24.2. The van der Waals surface area contributed by atoms with E-state index in [4.69, 9.17) is 19.7 Å². The Morgan fingerprint density at radius 2 is 1.13 bits per heavy atom. The number of aliphatic hydroxyl groups is 2. The van der Waals surface area contributed by atoms with Crippen LogP contribution in [0.2, 0.25) is 0 Å². The van der Waals surface area contributed by atoms with E-state index in [-0.39, 0.29) is 24.7 Å². The van der Waals surface area contributed by atoms with Crippen molar-refractivity contribution in [3.63, 3.8) is 0 Å². The molecule has 16 heteroatoms. The number of rotatable bonds is 30. The lowest BCUT2D eigenvalue weighted by Crippen LogP contribution is -2.42. The first kappa shape index (κ1) is 48.2. The summed E-state index contributed by atoms with van der Waals surface area (Å²) in [5.74, 6) is -11.7. The minimum atomic E-state index is -1.56. The normalized spacial score (nSPS) is 16.5. The summed E-state index contributed by atoms with van der Waals surface area (Å²) in [6.45, 7) is 8.62. The molecule has 16 nitrogen and oxygen atoms in total. The Bertz CT molecular complexity index is 1140. The highest BCUT2D eigenvalue weighted by atomic mass is 16.6. The standard InChI is InChI=1S/C36H61NO15/c1-6-7-13-22(3)34(52-33(46)19-26(36(49)50)17-31(43)44)29(51-32(45)18-25(35(47)48)16-30(41)42)15-21(2)12-10-8-9-11-14-27(39)20-28(40)23(4)37-24(5)38/h21-23,25-29,34,39-40H,6-20H2,1-5H3,(H,37,38)(H,41,42)(H,43,44)(H,47,48)(H,49,50)/t21-,22+,23+,25+,26+,27-,28-,29+,34-/m0/s1. The Morgan fingerprint density at radius 1 is 0.635 bits per heavy atom. The molecule has 0 rings (SSSR count). The van der Waals surface area contributed by atoms with E-state index in [9.17, 15) is 54.0 Å². The molecular formula is C36H61NO15. The summed E-state index contributed by atoms with van der Waals surface area (Å²) in [6.07, 6.45) is -0.416. The molecule has 0 radical (unpaired) electrons. The molecule has 300 valence electrons. The van der Waals surface area contributed by atoms with Gasteiger partial charge in [0.2, 0.25) is 5.91 Å². The fourth-order valence-electron chi connectivity index (χ4n) is 5.99. The summed E-state index contributed by atoms with van der Waals surface area (Å²) in [4.78, 5) is 82.9. The van der Waals surface area contributed by atoms with E-state index in [0.29, 0.717) is 32.1 Å². The Hall–Kier alpha value is -3.79. The highest BCUT2D eigenvalue weighted by Gasteiger charge is 2.37. The predicted molar refractivity (Wildman–Crippen MR) is 186 cm³/mol. The summed E-state index contributed by atoms with van der Waals surface area (Å²) in [7, 11) is 0. The average Bonchev–Trinajstić information content (AvgIpc) is 3.02. The lowest BCUT2D eigenvalue weighted by molar-refractivity contribution is -0.177. The van der Waals surface area contributed by atoms with Crippen LogP contribution < -0.4 is 5.32 Å². The van der Waals surface area contributed by atoms with E-state index in [1.54, 1.807) is 13.8 Å². The molecule has 0 aromatic rings. The number of nitrogens with one attached hydrogen (secondary N) is 1. The molecule has 0 aliphatic carbocycles. The van der Waals surface area contributed by atoms with Gasteiger partial charge in [0.05, 0.1) is 55.8 Å². The minimum absolute atomic E-state index is 0.110. The van der Waals surface area contributed by atoms with Gasteiger partial charge in [0.25, 0.3) is 0 Å². The zero-order chi connectivity index (χ0) is 40.0. The van der Waals surface area contributed by atoms with E-state index in [1.165, 1.54) is 6.92 Å². The zero-order valence-electron chi connectivity index (χ0n) is 31.2. The predicted octanol–water partition coefficient (Wildman–Crippen LogP) is 3.77. The summed E-state index contributed by atoms with van der Waals surface area (Å²) in [6, 6.07) is -0.489. The van der Waals surface area contributed by atoms with Gasteiger partial charge in [-0.05, 0) is 38.0 Å². The van der Waals surface area contributed by atoms with Crippen LogP contribution in [-0.4, -0.2) is 103 Å². The monoisotopic (exact) mass is 747 g/mol.